The molecular weight excluding hydrogens is 300 g/mol. The summed E-state index contributed by atoms with van der Waals surface area (Å²) in [6, 6.07) is 11.8. The molecule has 0 spiro atoms. The van der Waals surface area contributed by atoms with Crippen molar-refractivity contribution < 1.29 is 19.6 Å². The van der Waals surface area contributed by atoms with Gasteiger partial charge in [-0.05, 0) is 18.2 Å². The zero-order valence-electron chi connectivity index (χ0n) is 11.7. The van der Waals surface area contributed by atoms with Gasteiger partial charge < -0.3 is 5.11 Å². The topological polar surface area (TPSA) is 102 Å². The molecule has 0 amide bonds. The third-order valence-corrected chi connectivity index (χ3v) is 3.49. The average molecular weight is 310 g/mol. The molecular formula is C16H10N2O5. The number of nitro groups is 1. The molecule has 0 atom stereocenters. The fraction of sp³-hybridized carbons (Fsp3) is 0. The Bertz CT molecular complexity index is 941. The Hall–Kier alpha value is -3.48. The van der Waals surface area contributed by atoms with Gasteiger partial charge in [-0.3, -0.25) is 19.5 Å². The number of hydrogen-bond acceptors (Lipinski definition) is 4. The number of benzene rings is 2. The lowest BCUT2D eigenvalue weighted by atomic mass is 10.2. The van der Waals surface area contributed by atoms with E-state index in [-0.39, 0.29) is 16.8 Å². The highest BCUT2D eigenvalue weighted by molar-refractivity contribution is 6.09. The summed E-state index contributed by atoms with van der Waals surface area (Å²) >= 11 is 0. The molecule has 0 saturated carbocycles. The van der Waals surface area contributed by atoms with Gasteiger partial charge in [-0.2, -0.15) is 0 Å². The molecule has 2 aromatic carbocycles. The maximum absolute atomic E-state index is 12.6. The number of nitrogens with zero attached hydrogens (tertiary/aromatic N) is 2. The molecule has 0 unspecified atom stereocenters. The Kier molecular flexibility index (Phi) is 3.38. The monoisotopic (exact) mass is 310 g/mol. The lowest BCUT2D eigenvalue weighted by Gasteiger charge is -2.03. The standard InChI is InChI=1S/C16H10N2O5/c19-15(10-5-7-11(8-6-10)18(22)23)17-9-13(16(20)21)12-3-1-2-4-14(12)17/h1-9H,(H,20,21). The Morgan fingerprint density at radius 1 is 1.04 bits per heavy atom. The first-order chi connectivity index (χ1) is 11.0. The minimum atomic E-state index is -1.13. The molecule has 1 N–H and O–H groups in total. The molecule has 7 heteroatoms. The summed E-state index contributed by atoms with van der Waals surface area (Å²) in [4.78, 5) is 34.0. The van der Waals surface area contributed by atoms with Crippen LogP contribution in [0, 0.1) is 10.1 Å². The summed E-state index contributed by atoms with van der Waals surface area (Å²) in [6.45, 7) is 0. The zero-order valence-corrected chi connectivity index (χ0v) is 11.7. The van der Waals surface area contributed by atoms with Gasteiger partial charge in [0.1, 0.15) is 0 Å². The summed E-state index contributed by atoms with van der Waals surface area (Å²) in [6.07, 6.45) is 1.26. The Morgan fingerprint density at radius 3 is 2.30 bits per heavy atom. The van der Waals surface area contributed by atoms with Crippen LogP contribution in [0.25, 0.3) is 10.9 Å². The molecule has 0 aliphatic rings. The van der Waals surface area contributed by atoms with E-state index < -0.39 is 16.8 Å². The molecule has 0 fully saturated rings. The first-order valence-corrected chi connectivity index (χ1v) is 6.61. The maximum Gasteiger partial charge on any atom is 0.337 e. The van der Waals surface area contributed by atoms with Gasteiger partial charge in [0, 0.05) is 29.3 Å². The number of nitro benzene ring substituents is 1. The van der Waals surface area contributed by atoms with Crippen molar-refractivity contribution in [2.24, 2.45) is 0 Å². The van der Waals surface area contributed by atoms with E-state index in [9.17, 15) is 24.8 Å². The number of carboxylic acid groups (broad SMARTS) is 1. The van der Waals surface area contributed by atoms with Crippen LogP contribution in [-0.2, 0) is 0 Å². The molecule has 0 aliphatic carbocycles. The van der Waals surface area contributed by atoms with E-state index in [2.05, 4.69) is 0 Å². The number of para-hydroxylation sites is 1. The summed E-state index contributed by atoms with van der Waals surface area (Å²) in [5.74, 6) is -1.58. The number of carboxylic acids is 1. The van der Waals surface area contributed by atoms with Gasteiger partial charge in [-0.25, -0.2) is 4.79 Å². The van der Waals surface area contributed by atoms with Gasteiger partial charge in [-0.15, -0.1) is 0 Å². The predicted molar refractivity (Wildman–Crippen MR) is 81.7 cm³/mol. The van der Waals surface area contributed by atoms with Gasteiger partial charge in [-0.1, -0.05) is 18.2 Å². The number of rotatable bonds is 3. The summed E-state index contributed by atoms with van der Waals surface area (Å²) in [7, 11) is 0. The highest BCUT2D eigenvalue weighted by Crippen LogP contribution is 2.23. The van der Waals surface area contributed by atoms with E-state index in [0.717, 1.165) is 0 Å². The summed E-state index contributed by atoms with van der Waals surface area (Å²) < 4.78 is 1.24. The van der Waals surface area contributed by atoms with Gasteiger partial charge >= 0.3 is 5.97 Å². The minimum absolute atomic E-state index is 0.0239. The smallest absolute Gasteiger partial charge is 0.337 e. The van der Waals surface area contributed by atoms with Gasteiger partial charge in [0.2, 0.25) is 0 Å². The normalized spacial score (nSPS) is 10.6. The average Bonchev–Trinajstić information content (AvgIpc) is 2.94. The number of carbonyl (C=O) groups is 2. The number of aromatic carboxylic acids is 1. The van der Waals surface area contributed by atoms with Crippen molar-refractivity contribution in [1.82, 2.24) is 4.57 Å². The second kappa shape index (κ2) is 5.38. The Morgan fingerprint density at radius 2 is 1.70 bits per heavy atom. The van der Waals surface area contributed by atoms with Crippen LogP contribution in [0.15, 0.2) is 54.7 Å². The number of aromatic nitrogens is 1. The van der Waals surface area contributed by atoms with E-state index in [0.29, 0.717) is 10.9 Å². The van der Waals surface area contributed by atoms with Crippen molar-refractivity contribution in [1.29, 1.82) is 0 Å². The summed E-state index contributed by atoms with van der Waals surface area (Å²) in [5, 5.41) is 20.4. The largest absolute Gasteiger partial charge is 0.478 e. The van der Waals surface area contributed by atoms with Crippen LogP contribution in [-0.4, -0.2) is 26.5 Å². The van der Waals surface area contributed by atoms with Crippen molar-refractivity contribution >= 4 is 28.5 Å². The predicted octanol–water partition coefficient (Wildman–Crippen LogP) is 2.94. The van der Waals surface area contributed by atoms with Crippen LogP contribution in [0.5, 0.6) is 0 Å². The SMILES string of the molecule is O=C(O)c1cn(C(=O)c2ccc([N+](=O)[O-])cc2)c2ccccc12. The van der Waals surface area contributed by atoms with Crippen LogP contribution in [0.2, 0.25) is 0 Å². The van der Waals surface area contributed by atoms with E-state index in [1.807, 2.05) is 0 Å². The fourth-order valence-corrected chi connectivity index (χ4v) is 2.38. The lowest BCUT2D eigenvalue weighted by Crippen LogP contribution is -2.10. The highest BCUT2D eigenvalue weighted by atomic mass is 16.6. The van der Waals surface area contributed by atoms with Gasteiger partial charge in [0.25, 0.3) is 11.6 Å². The van der Waals surface area contributed by atoms with E-state index in [1.54, 1.807) is 24.3 Å². The minimum Gasteiger partial charge on any atom is -0.478 e. The molecule has 3 aromatic rings. The second-order valence-corrected chi connectivity index (χ2v) is 4.84. The van der Waals surface area contributed by atoms with E-state index in [4.69, 9.17) is 0 Å². The molecule has 0 saturated heterocycles. The van der Waals surface area contributed by atoms with Crippen molar-refractivity contribution in [2.75, 3.05) is 0 Å². The first-order valence-electron chi connectivity index (χ1n) is 6.61. The lowest BCUT2D eigenvalue weighted by molar-refractivity contribution is -0.384. The van der Waals surface area contributed by atoms with Crippen molar-refractivity contribution in [3.63, 3.8) is 0 Å². The van der Waals surface area contributed by atoms with Crippen LogP contribution in [0.4, 0.5) is 5.69 Å². The molecule has 1 heterocycles. The number of carbonyl (C=O) groups excluding carboxylic acids is 1. The summed E-state index contributed by atoms with van der Waals surface area (Å²) in [5.41, 5.74) is 0.600. The molecule has 0 aliphatic heterocycles. The highest BCUT2D eigenvalue weighted by Gasteiger charge is 2.19. The molecule has 3 rings (SSSR count). The number of fused-ring (bicyclic) bond motifs is 1. The second-order valence-electron chi connectivity index (χ2n) is 4.84. The third kappa shape index (κ3) is 2.44. The van der Waals surface area contributed by atoms with Crippen LogP contribution in [0.3, 0.4) is 0 Å². The van der Waals surface area contributed by atoms with Gasteiger partial charge in [0.15, 0.2) is 0 Å². The quantitative estimate of drug-likeness (QED) is 0.592. The Balaban J connectivity index is 2.11. The first kappa shape index (κ1) is 14.5. The van der Waals surface area contributed by atoms with E-state index in [1.165, 1.54) is 35.0 Å². The molecule has 23 heavy (non-hydrogen) atoms. The van der Waals surface area contributed by atoms with Crippen molar-refractivity contribution in [3.05, 3.63) is 76.0 Å². The van der Waals surface area contributed by atoms with E-state index >= 15 is 0 Å². The molecule has 114 valence electrons. The fourth-order valence-electron chi connectivity index (χ4n) is 2.38. The molecule has 0 radical (unpaired) electrons. The zero-order chi connectivity index (χ0) is 16.6. The molecule has 7 nitrogen and oxygen atoms in total. The van der Waals surface area contributed by atoms with Crippen LogP contribution in [0.1, 0.15) is 20.7 Å². The van der Waals surface area contributed by atoms with Crippen LogP contribution >= 0.6 is 0 Å². The van der Waals surface area contributed by atoms with Crippen molar-refractivity contribution in [2.45, 2.75) is 0 Å². The molecule has 1 aromatic heterocycles. The van der Waals surface area contributed by atoms with Crippen molar-refractivity contribution in [3.8, 4) is 0 Å². The maximum atomic E-state index is 12.6. The van der Waals surface area contributed by atoms with Gasteiger partial charge in [0.05, 0.1) is 16.0 Å². The number of hydrogen-bond donors (Lipinski definition) is 1. The third-order valence-electron chi connectivity index (χ3n) is 3.49. The number of non-ortho nitro benzene ring substituents is 1. The van der Waals surface area contributed by atoms with Crippen LogP contribution < -0.4 is 0 Å². The molecule has 0 bridgehead atoms. The Labute approximate surface area is 129 Å².